The summed E-state index contributed by atoms with van der Waals surface area (Å²) in [6.45, 7) is 6.38. The molecule has 0 radical (unpaired) electrons. The van der Waals surface area contributed by atoms with Crippen LogP contribution in [0.4, 0.5) is 5.95 Å². The molecule has 3 heterocycles. The molecule has 1 aliphatic heterocycles. The van der Waals surface area contributed by atoms with E-state index in [0.29, 0.717) is 17.8 Å². The van der Waals surface area contributed by atoms with Gasteiger partial charge in [0.15, 0.2) is 0 Å². The largest absolute Gasteiger partial charge is 0.354 e. The fourth-order valence-corrected chi connectivity index (χ4v) is 2.59. The minimum absolute atomic E-state index is 0.139. The zero-order valence-corrected chi connectivity index (χ0v) is 12.5. The van der Waals surface area contributed by atoms with Gasteiger partial charge in [0.05, 0.1) is 0 Å². The van der Waals surface area contributed by atoms with Crippen LogP contribution in [0, 0.1) is 5.92 Å². The molecule has 1 saturated heterocycles. The van der Waals surface area contributed by atoms with Gasteiger partial charge in [-0.15, -0.1) is 0 Å². The maximum absolute atomic E-state index is 5.94. The van der Waals surface area contributed by atoms with Crippen molar-refractivity contribution in [2.45, 2.75) is 13.3 Å². The molecule has 21 heavy (non-hydrogen) atoms. The molecule has 0 aliphatic carbocycles. The summed E-state index contributed by atoms with van der Waals surface area (Å²) in [6, 6.07) is 0. The Hall–Kier alpha value is -1.80. The van der Waals surface area contributed by atoms with Crippen molar-refractivity contribution < 1.29 is 0 Å². The van der Waals surface area contributed by atoms with Crippen LogP contribution >= 0.6 is 11.6 Å². The number of aromatic nitrogens is 6. The van der Waals surface area contributed by atoms with Crippen LogP contribution in [0.3, 0.4) is 0 Å². The van der Waals surface area contributed by atoms with Crippen LogP contribution in [0.1, 0.15) is 13.3 Å². The Labute approximate surface area is 127 Å². The molecule has 1 N–H and O–H groups in total. The minimum atomic E-state index is 0.139. The van der Waals surface area contributed by atoms with Crippen molar-refractivity contribution in [2.24, 2.45) is 5.92 Å². The van der Waals surface area contributed by atoms with Crippen molar-refractivity contribution in [1.82, 2.24) is 34.6 Å². The van der Waals surface area contributed by atoms with Crippen LogP contribution in [-0.4, -0.2) is 60.8 Å². The number of halogens is 1. The maximum Gasteiger partial charge on any atom is 0.258 e. The van der Waals surface area contributed by atoms with Gasteiger partial charge < -0.3 is 10.2 Å². The van der Waals surface area contributed by atoms with E-state index in [1.807, 2.05) is 0 Å². The number of nitrogens with zero attached hydrogens (tertiary/aromatic N) is 7. The fraction of sp³-hybridized carbons (Fsp3) is 0.583. The Morgan fingerprint density at radius 3 is 3.00 bits per heavy atom. The Bertz CT molecular complexity index is 587. The number of rotatable bonds is 5. The highest BCUT2D eigenvalue weighted by atomic mass is 35.5. The number of likely N-dealkylation sites (tertiary alicyclic amines) is 1. The molecule has 2 aromatic heterocycles. The predicted molar refractivity (Wildman–Crippen MR) is 78.5 cm³/mol. The molecule has 0 aromatic carbocycles. The summed E-state index contributed by atoms with van der Waals surface area (Å²) in [5.74, 6) is 1.43. The van der Waals surface area contributed by atoms with Crippen molar-refractivity contribution in [3.63, 3.8) is 0 Å². The van der Waals surface area contributed by atoms with E-state index in [4.69, 9.17) is 11.6 Å². The molecule has 8 nitrogen and oxygen atoms in total. The van der Waals surface area contributed by atoms with Gasteiger partial charge in [-0.05, 0) is 37.0 Å². The van der Waals surface area contributed by atoms with Crippen LogP contribution in [0.15, 0.2) is 12.7 Å². The van der Waals surface area contributed by atoms with Gasteiger partial charge in [-0.25, -0.2) is 4.98 Å². The lowest BCUT2D eigenvalue weighted by atomic mass is 10.1. The number of hydrogen-bond donors (Lipinski definition) is 1. The maximum atomic E-state index is 5.94. The molecule has 9 heteroatoms. The molecular formula is C12H17ClN8. The first-order valence-corrected chi connectivity index (χ1v) is 7.35. The van der Waals surface area contributed by atoms with Crippen LogP contribution < -0.4 is 5.32 Å². The smallest absolute Gasteiger partial charge is 0.258 e. The number of nitrogens with one attached hydrogen (secondary N) is 1. The first-order valence-electron chi connectivity index (χ1n) is 6.97. The lowest BCUT2D eigenvalue weighted by Crippen LogP contribution is -2.23. The number of hydrogen-bond acceptors (Lipinski definition) is 7. The van der Waals surface area contributed by atoms with Crippen molar-refractivity contribution in [1.29, 1.82) is 0 Å². The summed E-state index contributed by atoms with van der Waals surface area (Å²) in [6.07, 6.45) is 4.13. The standard InChI is InChI=1S/C12H17ClN8/c1-2-20-4-3-9(6-20)5-15-11-17-10(13)18-12(19-11)21-8-14-7-16-21/h7-9H,2-6H2,1H3,(H,15,17,18,19). The molecule has 1 unspecified atom stereocenters. The zero-order chi connectivity index (χ0) is 14.7. The van der Waals surface area contributed by atoms with Gasteiger partial charge in [-0.3, -0.25) is 0 Å². The third-order valence-corrected chi connectivity index (χ3v) is 3.76. The molecule has 2 aromatic rings. The van der Waals surface area contributed by atoms with Crippen LogP contribution in [-0.2, 0) is 0 Å². The fourth-order valence-electron chi connectivity index (χ4n) is 2.43. The van der Waals surface area contributed by atoms with E-state index in [0.717, 1.165) is 26.2 Å². The van der Waals surface area contributed by atoms with Gasteiger partial charge in [0.25, 0.3) is 5.95 Å². The zero-order valence-electron chi connectivity index (χ0n) is 11.8. The summed E-state index contributed by atoms with van der Waals surface area (Å²) in [4.78, 5) is 18.7. The molecule has 3 rings (SSSR count). The van der Waals surface area contributed by atoms with Crippen LogP contribution in [0.25, 0.3) is 5.95 Å². The summed E-state index contributed by atoms with van der Waals surface area (Å²) in [7, 11) is 0. The summed E-state index contributed by atoms with van der Waals surface area (Å²) in [5, 5.41) is 7.37. The molecular weight excluding hydrogens is 292 g/mol. The van der Waals surface area contributed by atoms with Gasteiger partial charge in [0.1, 0.15) is 12.7 Å². The normalized spacial score (nSPS) is 19.0. The summed E-state index contributed by atoms with van der Waals surface area (Å²) in [5.41, 5.74) is 0. The summed E-state index contributed by atoms with van der Waals surface area (Å²) >= 11 is 5.94. The van der Waals surface area contributed by atoms with Gasteiger partial charge in [-0.1, -0.05) is 6.92 Å². The van der Waals surface area contributed by atoms with Gasteiger partial charge >= 0.3 is 0 Å². The quantitative estimate of drug-likeness (QED) is 0.876. The lowest BCUT2D eigenvalue weighted by molar-refractivity contribution is 0.345. The Balaban J connectivity index is 1.66. The molecule has 1 aliphatic rings. The molecule has 112 valence electrons. The molecule has 1 fully saturated rings. The van der Waals surface area contributed by atoms with Crippen molar-refractivity contribution in [2.75, 3.05) is 31.5 Å². The third kappa shape index (κ3) is 3.45. The molecule has 0 saturated carbocycles. The second kappa shape index (κ2) is 6.31. The highest BCUT2D eigenvalue weighted by Crippen LogP contribution is 2.16. The van der Waals surface area contributed by atoms with Crippen LogP contribution in [0.5, 0.6) is 0 Å². The predicted octanol–water partition coefficient (Wildman–Crippen LogP) is 0.859. The van der Waals surface area contributed by atoms with E-state index < -0.39 is 0 Å². The third-order valence-electron chi connectivity index (χ3n) is 3.59. The molecule has 0 bridgehead atoms. The molecule has 0 spiro atoms. The minimum Gasteiger partial charge on any atom is -0.354 e. The topological polar surface area (TPSA) is 84.6 Å². The van der Waals surface area contributed by atoms with E-state index in [9.17, 15) is 0 Å². The Morgan fingerprint density at radius 2 is 2.29 bits per heavy atom. The van der Waals surface area contributed by atoms with Crippen molar-refractivity contribution >= 4 is 17.5 Å². The number of anilines is 1. The van der Waals surface area contributed by atoms with E-state index in [1.165, 1.54) is 23.8 Å². The first kappa shape index (κ1) is 14.2. The van der Waals surface area contributed by atoms with Crippen LogP contribution in [0.2, 0.25) is 5.28 Å². The van der Waals surface area contributed by atoms with E-state index >= 15 is 0 Å². The second-order valence-corrected chi connectivity index (χ2v) is 5.33. The Kier molecular flexibility index (Phi) is 4.26. The van der Waals surface area contributed by atoms with Crippen molar-refractivity contribution in [3.05, 3.63) is 17.9 Å². The molecule has 1 atom stereocenters. The Morgan fingerprint density at radius 1 is 1.38 bits per heavy atom. The summed E-state index contributed by atoms with van der Waals surface area (Å²) < 4.78 is 1.45. The average molecular weight is 309 g/mol. The molecule has 0 amide bonds. The SMILES string of the molecule is CCN1CCC(CNc2nc(Cl)nc(-n3cncn3)n2)C1. The highest BCUT2D eigenvalue weighted by Gasteiger charge is 2.21. The van der Waals surface area contributed by atoms with Gasteiger partial charge in [0, 0.05) is 13.1 Å². The highest BCUT2D eigenvalue weighted by molar-refractivity contribution is 6.28. The van der Waals surface area contributed by atoms with E-state index in [1.54, 1.807) is 0 Å². The average Bonchev–Trinajstić information content (AvgIpc) is 3.16. The second-order valence-electron chi connectivity index (χ2n) is 5.00. The van der Waals surface area contributed by atoms with Gasteiger partial charge in [0.2, 0.25) is 11.2 Å². The van der Waals surface area contributed by atoms with Gasteiger partial charge in [-0.2, -0.15) is 24.7 Å². The van der Waals surface area contributed by atoms with E-state index in [2.05, 4.69) is 42.2 Å². The lowest BCUT2D eigenvalue weighted by Gasteiger charge is -2.13. The van der Waals surface area contributed by atoms with E-state index in [-0.39, 0.29) is 5.28 Å². The first-order chi connectivity index (χ1) is 10.2. The van der Waals surface area contributed by atoms with Crippen molar-refractivity contribution in [3.8, 4) is 5.95 Å². The monoisotopic (exact) mass is 308 g/mol.